The molecule has 2 rings (SSSR count). The highest BCUT2D eigenvalue weighted by molar-refractivity contribution is 7.13. The lowest BCUT2D eigenvalue weighted by Crippen LogP contribution is -2.32. The Morgan fingerprint density at radius 2 is 1.95 bits per heavy atom. The van der Waals surface area contributed by atoms with Crippen molar-refractivity contribution in [3.63, 3.8) is 0 Å². The Morgan fingerprint density at radius 3 is 2.57 bits per heavy atom. The molecule has 4 heteroatoms. The Hall–Kier alpha value is -1.39. The molecule has 2 unspecified atom stereocenters. The van der Waals surface area contributed by atoms with Gasteiger partial charge >= 0.3 is 0 Å². The number of hydrogen-bond acceptors (Lipinski definition) is 4. The summed E-state index contributed by atoms with van der Waals surface area (Å²) in [6, 6.07) is 10.3. The fourth-order valence-corrected chi connectivity index (χ4v) is 3.37. The number of aromatic nitrogens is 1. The average Bonchev–Trinajstić information content (AvgIpc) is 2.96. The first-order valence-electron chi connectivity index (χ1n) is 7.59. The van der Waals surface area contributed by atoms with E-state index in [9.17, 15) is 5.11 Å². The molecule has 0 fully saturated rings. The minimum atomic E-state index is -0.486. The number of rotatable bonds is 7. The highest BCUT2D eigenvalue weighted by Gasteiger charge is 2.16. The monoisotopic (exact) mass is 304 g/mol. The van der Waals surface area contributed by atoms with Crippen LogP contribution in [0.3, 0.4) is 0 Å². The molecule has 0 aliphatic carbocycles. The molecule has 0 aliphatic heterocycles. The van der Waals surface area contributed by atoms with E-state index < -0.39 is 6.10 Å². The number of hydrogen-bond donors (Lipinski definition) is 1. The molecule has 114 valence electrons. The molecule has 0 saturated carbocycles. The number of nitrogens with zero attached hydrogens (tertiary/aromatic N) is 2. The molecular formula is C17H24N2OS. The minimum absolute atomic E-state index is 0.486. The topological polar surface area (TPSA) is 36.4 Å². The number of anilines is 1. The van der Waals surface area contributed by atoms with Gasteiger partial charge in [0, 0.05) is 24.4 Å². The maximum Gasteiger partial charge on any atom is 0.185 e. The van der Waals surface area contributed by atoms with E-state index in [1.165, 1.54) is 0 Å². The van der Waals surface area contributed by atoms with Crippen molar-refractivity contribution in [1.82, 2.24) is 4.98 Å². The summed E-state index contributed by atoms with van der Waals surface area (Å²) in [5, 5.41) is 13.4. The number of benzene rings is 1. The molecule has 2 aromatic rings. The minimum Gasteiger partial charge on any atom is -0.388 e. The van der Waals surface area contributed by atoms with Gasteiger partial charge in [-0.05, 0) is 25.8 Å². The number of thiazole rings is 1. The predicted molar refractivity (Wildman–Crippen MR) is 90.0 cm³/mol. The van der Waals surface area contributed by atoms with E-state index in [0.717, 1.165) is 29.4 Å². The highest BCUT2D eigenvalue weighted by atomic mass is 32.1. The van der Waals surface area contributed by atoms with Crippen LogP contribution >= 0.6 is 11.3 Å². The van der Waals surface area contributed by atoms with Crippen LogP contribution in [0.15, 0.2) is 35.7 Å². The van der Waals surface area contributed by atoms with Gasteiger partial charge in [-0.2, -0.15) is 0 Å². The van der Waals surface area contributed by atoms with E-state index >= 15 is 0 Å². The lowest BCUT2D eigenvalue weighted by molar-refractivity contribution is 0.177. The summed E-state index contributed by atoms with van der Waals surface area (Å²) in [5.74, 6) is 0. The van der Waals surface area contributed by atoms with Gasteiger partial charge in [0.1, 0.15) is 0 Å². The molecule has 0 aliphatic rings. The smallest absolute Gasteiger partial charge is 0.185 e. The molecule has 3 nitrogen and oxygen atoms in total. The van der Waals surface area contributed by atoms with Crippen LogP contribution < -0.4 is 4.90 Å². The molecule has 0 radical (unpaired) electrons. The highest BCUT2D eigenvalue weighted by Crippen LogP contribution is 2.26. The molecule has 1 N–H and O–H groups in total. The molecule has 0 saturated heterocycles. The average molecular weight is 304 g/mol. The summed E-state index contributed by atoms with van der Waals surface area (Å²) in [6.45, 7) is 7.54. The van der Waals surface area contributed by atoms with Crippen molar-refractivity contribution in [2.75, 3.05) is 11.4 Å². The third kappa shape index (κ3) is 4.05. The van der Waals surface area contributed by atoms with E-state index in [1.807, 2.05) is 30.3 Å². The predicted octanol–water partition coefficient (Wildman–Crippen LogP) is 4.04. The van der Waals surface area contributed by atoms with Crippen LogP contribution in [0.2, 0.25) is 0 Å². The summed E-state index contributed by atoms with van der Waals surface area (Å²) in [6.07, 6.45) is 1.19. The largest absolute Gasteiger partial charge is 0.388 e. The van der Waals surface area contributed by atoms with Gasteiger partial charge in [0.25, 0.3) is 0 Å². The molecule has 0 bridgehead atoms. The first kappa shape index (κ1) is 16.0. The first-order chi connectivity index (χ1) is 10.2. The van der Waals surface area contributed by atoms with Crippen LogP contribution in [0.1, 0.15) is 44.6 Å². The van der Waals surface area contributed by atoms with Gasteiger partial charge in [0.05, 0.1) is 11.8 Å². The van der Waals surface area contributed by atoms with Gasteiger partial charge in [-0.1, -0.05) is 37.3 Å². The van der Waals surface area contributed by atoms with Crippen LogP contribution in [0, 0.1) is 0 Å². The van der Waals surface area contributed by atoms with E-state index in [2.05, 4.69) is 31.1 Å². The summed E-state index contributed by atoms with van der Waals surface area (Å²) in [5.41, 5.74) is 1.91. The van der Waals surface area contributed by atoms with Gasteiger partial charge in [-0.3, -0.25) is 0 Å². The Morgan fingerprint density at radius 1 is 1.24 bits per heavy atom. The summed E-state index contributed by atoms with van der Waals surface area (Å²) in [4.78, 5) is 7.02. The standard InChI is InChI=1S/C17H24N2OS/c1-4-13(3)19(5-2)17-18-15(12-21-17)11-16(20)14-9-7-6-8-10-14/h6-10,12-13,16,20H,4-5,11H2,1-3H3. The van der Waals surface area contributed by atoms with Crippen molar-refractivity contribution in [3.05, 3.63) is 47.0 Å². The van der Waals surface area contributed by atoms with Gasteiger partial charge < -0.3 is 10.0 Å². The molecule has 1 heterocycles. The van der Waals surface area contributed by atoms with Gasteiger partial charge in [0.2, 0.25) is 0 Å². The van der Waals surface area contributed by atoms with E-state index in [1.54, 1.807) is 11.3 Å². The van der Waals surface area contributed by atoms with Gasteiger partial charge in [-0.15, -0.1) is 11.3 Å². The Bertz CT molecular complexity index is 541. The van der Waals surface area contributed by atoms with Crippen molar-refractivity contribution >= 4 is 16.5 Å². The lowest BCUT2D eigenvalue weighted by atomic mass is 10.1. The molecular weight excluding hydrogens is 280 g/mol. The number of aliphatic hydroxyl groups excluding tert-OH is 1. The lowest BCUT2D eigenvalue weighted by Gasteiger charge is -2.26. The Labute approximate surface area is 131 Å². The second-order valence-corrected chi connectivity index (χ2v) is 6.13. The van der Waals surface area contributed by atoms with Crippen LogP contribution in [-0.4, -0.2) is 22.7 Å². The zero-order valence-corrected chi connectivity index (χ0v) is 13.8. The molecule has 1 aromatic heterocycles. The first-order valence-corrected chi connectivity index (χ1v) is 8.47. The Balaban J connectivity index is 2.06. The van der Waals surface area contributed by atoms with Crippen molar-refractivity contribution in [1.29, 1.82) is 0 Å². The quantitative estimate of drug-likeness (QED) is 0.838. The maximum absolute atomic E-state index is 10.3. The van der Waals surface area contributed by atoms with Crippen molar-refractivity contribution in [2.24, 2.45) is 0 Å². The fraction of sp³-hybridized carbons (Fsp3) is 0.471. The third-order valence-corrected chi connectivity index (χ3v) is 4.76. The number of aliphatic hydroxyl groups is 1. The fourth-order valence-electron chi connectivity index (χ4n) is 2.37. The van der Waals surface area contributed by atoms with Crippen LogP contribution in [-0.2, 0) is 6.42 Å². The third-order valence-electron chi connectivity index (χ3n) is 3.84. The summed E-state index contributed by atoms with van der Waals surface area (Å²) >= 11 is 1.67. The van der Waals surface area contributed by atoms with E-state index in [0.29, 0.717) is 12.5 Å². The zero-order valence-electron chi connectivity index (χ0n) is 13.0. The van der Waals surface area contributed by atoms with E-state index in [4.69, 9.17) is 4.98 Å². The van der Waals surface area contributed by atoms with Crippen LogP contribution in [0.5, 0.6) is 0 Å². The molecule has 2 atom stereocenters. The van der Waals surface area contributed by atoms with Crippen molar-refractivity contribution < 1.29 is 5.11 Å². The second-order valence-electron chi connectivity index (χ2n) is 5.30. The van der Waals surface area contributed by atoms with Gasteiger partial charge in [-0.25, -0.2) is 4.98 Å². The second kappa shape index (κ2) is 7.57. The van der Waals surface area contributed by atoms with Crippen LogP contribution in [0.25, 0.3) is 0 Å². The Kier molecular flexibility index (Phi) is 5.76. The zero-order chi connectivity index (χ0) is 15.2. The SMILES string of the molecule is CCC(C)N(CC)c1nc(CC(O)c2ccccc2)cs1. The van der Waals surface area contributed by atoms with E-state index in [-0.39, 0.29) is 0 Å². The normalized spacial score (nSPS) is 13.9. The molecule has 0 spiro atoms. The molecule has 1 aromatic carbocycles. The van der Waals surface area contributed by atoms with Gasteiger partial charge in [0.15, 0.2) is 5.13 Å². The van der Waals surface area contributed by atoms with Crippen molar-refractivity contribution in [3.8, 4) is 0 Å². The van der Waals surface area contributed by atoms with Crippen molar-refractivity contribution in [2.45, 2.75) is 45.8 Å². The van der Waals surface area contributed by atoms with Crippen LogP contribution in [0.4, 0.5) is 5.13 Å². The summed E-state index contributed by atoms with van der Waals surface area (Å²) < 4.78 is 0. The summed E-state index contributed by atoms with van der Waals surface area (Å²) in [7, 11) is 0. The maximum atomic E-state index is 10.3. The molecule has 21 heavy (non-hydrogen) atoms. The molecule has 0 amide bonds.